The third-order valence-corrected chi connectivity index (χ3v) is 5.08. The summed E-state index contributed by atoms with van der Waals surface area (Å²) in [6.45, 7) is 1.35. The van der Waals surface area contributed by atoms with Gasteiger partial charge in [-0.05, 0) is 24.3 Å². The molecule has 2 heterocycles. The number of hydrogen-bond acceptors (Lipinski definition) is 4. The van der Waals surface area contributed by atoms with Crippen molar-refractivity contribution in [2.45, 2.75) is 6.10 Å². The molecule has 1 saturated heterocycles. The second-order valence-electron chi connectivity index (χ2n) is 7.29. The second kappa shape index (κ2) is 8.01. The molecule has 1 aliphatic heterocycles. The topological polar surface area (TPSA) is 62.7 Å². The van der Waals surface area contributed by atoms with Gasteiger partial charge in [0, 0.05) is 31.6 Å². The quantitative estimate of drug-likeness (QED) is 0.690. The van der Waals surface area contributed by atoms with Crippen LogP contribution in [0.5, 0.6) is 0 Å². The Morgan fingerprint density at radius 1 is 1.07 bits per heavy atom. The van der Waals surface area contributed by atoms with Gasteiger partial charge in [-0.25, -0.2) is 4.98 Å². The highest BCUT2D eigenvalue weighted by Crippen LogP contribution is 2.27. The molecule has 1 aromatic heterocycles. The van der Waals surface area contributed by atoms with E-state index in [2.05, 4.69) is 0 Å². The number of ether oxygens (including phenoxy) is 1. The summed E-state index contributed by atoms with van der Waals surface area (Å²) in [5.41, 5.74) is 2.65. The standard InChI is InChI=1S/C23H23N3O3/c1-25(2)23(28)18-14-20(24-19-11-7-6-10-17(18)19)21-15-26(12-13-29-21)22(27)16-8-4-3-5-9-16/h3-11,14,21H,12-13,15H2,1-2H3. The minimum atomic E-state index is -0.380. The van der Waals surface area contributed by atoms with E-state index < -0.39 is 0 Å². The van der Waals surface area contributed by atoms with Gasteiger partial charge >= 0.3 is 0 Å². The molecular weight excluding hydrogens is 366 g/mol. The fraction of sp³-hybridized carbons (Fsp3) is 0.261. The maximum absolute atomic E-state index is 12.8. The maximum Gasteiger partial charge on any atom is 0.254 e. The molecule has 148 valence electrons. The lowest BCUT2D eigenvalue weighted by Gasteiger charge is -2.33. The van der Waals surface area contributed by atoms with Crippen LogP contribution in [0.3, 0.4) is 0 Å². The number of amides is 2. The first kappa shape index (κ1) is 19.1. The summed E-state index contributed by atoms with van der Waals surface area (Å²) >= 11 is 0. The first-order valence-electron chi connectivity index (χ1n) is 9.62. The van der Waals surface area contributed by atoms with E-state index in [4.69, 9.17) is 9.72 Å². The Morgan fingerprint density at radius 2 is 1.79 bits per heavy atom. The number of fused-ring (bicyclic) bond motifs is 1. The molecule has 1 fully saturated rings. The van der Waals surface area contributed by atoms with Crippen LogP contribution >= 0.6 is 0 Å². The number of carbonyl (C=O) groups excluding carboxylic acids is 2. The van der Waals surface area contributed by atoms with Gasteiger partial charge in [0.05, 0.1) is 29.9 Å². The van der Waals surface area contributed by atoms with Gasteiger partial charge in [-0.15, -0.1) is 0 Å². The fourth-order valence-corrected chi connectivity index (χ4v) is 3.55. The average Bonchev–Trinajstić information content (AvgIpc) is 2.78. The van der Waals surface area contributed by atoms with Gasteiger partial charge in [0.15, 0.2) is 0 Å². The Hall–Kier alpha value is -3.25. The van der Waals surface area contributed by atoms with Crippen LogP contribution in [0, 0.1) is 0 Å². The van der Waals surface area contributed by atoms with Crippen molar-refractivity contribution in [1.29, 1.82) is 0 Å². The van der Waals surface area contributed by atoms with Crippen LogP contribution in [0.1, 0.15) is 32.5 Å². The maximum atomic E-state index is 12.8. The number of pyridine rings is 1. The number of rotatable bonds is 3. The number of hydrogen-bond donors (Lipinski definition) is 0. The fourth-order valence-electron chi connectivity index (χ4n) is 3.55. The number of aromatic nitrogens is 1. The summed E-state index contributed by atoms with van der Waals surface area (Å²) in [5, 5.41) is 0.808. The smallest absolute Gasteiger partial charge is 0.254 e. The van der Waals surface area contributed by atoms with Gasteiger partial charge in [0.1, 0.15) is 6.10 Å². The molecular formula is C23H23N3O3. The lowest BCUT2D eigenvalue weighted by molar-refractivity contribution is -0.0246. The molecule has 0 bridgehead atoms. The highest BCUT2D eigenvalue weighted by Gasteiger charge is 2.28. The van der Waals surface area contributed by atoms with E-state index in [1.165, 1.54) is 0 Å². The van der Waals surface area contributed by atoms with Gasteiger partial charge in [-0.3, -0.25) is 9.59 Å². The molecule has 0 saturated carbocycles. The van der Waals surface area contributed by atoms with Gasteiger partial charge in [0.2, 0.25) is 0 Å². The average molecular weight is 389 g/mol. The van der Waals surface area contributed by atoms with Crippen LogP contribution in [-0.4, -0.2) is 60.4 Å². The molecule has 3 aromatic rings. The number of nitrogens with zero attached hydrogens (tertiary/aromatic N) is 3. The van der Waals surface area contributed by atoms with Gasteiger partial charge in [-0.2, -0.15) is 0 Å². The van der Waals surface area contributed by atoms with E-state index in [9.17, 15) is 9.59 Å². The van der Waals surface area contributed by atoms with Crippen LogP contribution in [-0.2, 0) is 4.74 Å². The largest absolute Gasteiger partial charge is 0.368 e. The minimum absolute atomic E-state index is 0.0238. The van der Waals surface area contributed by atoms with Crippen LogP contribution < -0.4 is 0 Å². The zero-order valence-electron chi connectivity index (χ0n) is 16.5. The van der Waals surface area contributed by atoms with Crippen molar-refractivity contribution in [1.82, 2.24) is 14.8 Å². The van der Waals surface area contributed by atoms with E-state index in [1.807, 2.05) is 54.6 Å². The molecule has 4 rings (SSSR count). The first-order chi connectivity index (χ1) is 14.0. The van der Waals surface area contributed by atoms with E-state index in [1.54, 1.807) is 30.0 Å². The monoisotopic (exact) mass is 389 g/mol. The number of carbonyl (C=O) groups is 2. The zero-order valence-corrected chi connectivity index (χ0v) is 16.5. The molecule has 0 aliphatic carbocycles. The van der Waals surface area contributed by atoms with Crippen molar-refractivity contribution >= 4 is 22.7 Å². The van der Waals surface area contributed by atoms with Gasteiger partial charge < -0.3 is 14.5 Å². The Balaban J connectivity index is 1.67. The number of para-hydroxylation sites is 1. The van der Waals surface area contributed by atoms with Crippen LogP contribution in [0.25, 0.3) is 10.9 Å². The Kier molecular flexibility index (Phi) is 5.27. The molecule has 1 unspecified atom stereocenters. The summed E-state index contributed by atoms with van der Waals surface area (Å²) in [4.78, 5) is 33.7. The Morgan fingerprint density at radius 3 is 2.55 bits per heavy atom. The van der Waals surface area contributed by atoms with Crippen molar-refractivity contribution in [3.05, 3.63) is 77.5 Å². The van der Waals surface area contributed by atoms with Crippen LogP contribution in [0.4, 0.5) is 0 Å². The SMILES string of the molecule is CN(C)C(=O)c1cc(C2CN(C(=O)c3ccccc3)CCO2)nc2ccccc12. The molecule has 29 heavy (non-hydrogen) atoms. The lowest BCUT2D eigenvalue weighted by Crippen LogP contribution is -2.42. The molecule has 2 aromatic carbocycles. The third kappa shape index (κ3) is 3.84. The summed E-state index contributed by atoms with van der Waals surface area (Å²) in [5.74, 6) is -0.109. The highest BCUT2D eigenvalue weighted by molar-refractivity contribution is 6.06. The Labute approximate surface area is 169 Å². The van der Waals surface area contributed by atoms with Crippen molar-refractivity contribution in [2.75, 3.05) is 33.8 Å². The number of benzene rings is 2. The van der Waals surface area contributed by atoms with E-state index in [0.29, 0.717) is 36.5 Å². The van der Waals surface area contributed by atoms with Crippen LogP contribution in [0.2, 0.25) is 0 Å². The summed E-state index contributed by atoms with van der Waals surface area (Å²) in [6.07, 6.45) is -0.380. The zero-order chi connectivity index (χ0) is 20.4. The second-order valence-corrected chi connectivity index (χ2v) is 7.29. The predicted octanol–water partition coefficient (Wildman–Crippen LogP) is 3.15. The van der Waals surface area contributed by atoms with Crippen molar-refractivity contribution in [2.24, 2.45) is 0 Å². The number of morpholine rings is 1. The Bertz CT molecular complexity index is 1050. The normalized spacial score (nSPS) is 16.6. The summed E-state index contributed by atoms with van der Waals surface area (Å²) < 4.78 is 5.94. The van der Waals surface area contributed by atoms with Gasteiger partial charge in [0.25, 0.3) is 11.8 Å². The van der Waals surface area contributed by atoms with E-state index >= 15 is 0 Å². The molecule has 1 aliphatic rings. The first-order valence-corrected chi connectivity index (χ1v) is 9.62. The summed E-state index contributed by atoms with van der Waals surface area (Å²) in [7, 11) is 3.46. The molecule has 2 amide bonds. The summed E-state index contributed by atoms with van der Waals surface area (Å²) in [6, 6.07) is 18.6. The van der Waals surface area contributed by atoms with Crippen molar-refractivity contribution in [3.8, 4) is 0 Å². The molecule has 0 spiro atoms. The van der Waals surface area contributed by atoms with E-state index in [-0.39, 0.29) is 17.9 Å². The molecule has 0 radical (unpaired) electrons. The molecule has 6 heteroatoms. The van der Waals surface area contributed by atoms with Crippen molar-refractivity contribution in [3.63, 3.8) is 0 Å². The van der Waals surface area contributed by atoms with Gasteiger partial charge in [-0.1, -0.05) is 36.4 Å². The van der Waals surface area contributed by atoms with Crippen molar-refractivity contribution < 1.29 is 14.3 Å². The highest BCUT2D eigenvalue weighted by atomic mass is 16.5. The molecule has 6 nitrogen and oxygen atoms in total. The lowest BCUT2D eigenvalue weighted by atomic mass is 10.0. The molecule has 1 atom stereocenters. The minimum Gasteiger partial charge on any atom is -0.368 e. The van der Waals surface area contributed by atoms with Crippen LogP contribution in [0.15, 0.2) is 60.7 Å². The van der Waals surface area contributed by atoms with E-state index in [0.717, 1.165) is 10.9 Å². The molecule has 0 N–H and O–H groups in total. The third-order valence-electron chi connectivity index (χ3n) is 5.08. The predicted molar refractivity (Wildman–Crippen MR) is 111 cm³/mol.